The zero-order valence-electron chi connectivity index (χ0n) is 22.7. The SMILES string of the molecule is C[C@@H]1CN(C(=O)C2CN([C@@H]3CCOC(C)(C)C3)C[C@H]2c2ccc(F)cc2F)C[C@H](C)N1c1ccc(F)cc1. The Morgan fingerprint density at radius 3 is 2.21 bits per heavy atom. The lowest BCUT2D eigenvalue weighted by atomic mass is 9.87. The van der Waals surface area contributed by atoms with Crippen LogP contribution in [0.25, 0.3) is 0 Å². The van der Waals surface area contributed by atoms with Crippen LogP contribution in [0.1, 0.15) is 52.0 Å². The highest BCUT2D eigenvalue weighted by Crippen LogP contribution is 2.40. The first-order chi connectivity index (χ1) is 18.0. The lowest BCUT2D eigenvalue weighted by Crippen LogP contribution is -2.59. The normalized spacial score (nSPS) is 30.0. The number of benzene rings is 2. The first-order valence-electron chi connectivity index (χ1n) is 13.7. The molecule has 5 nitrogen and oxygen atoms in total. The van der Waals surface area contributed by atoms with Crippen molar-refractivity contribution in [2.75, 3.05) is 37.7 Å². The molecule has 5 atom stereocenters. The van der Waals surface area contributed by atoms with E-state index in [4.69, 9.17) is 4.74 Å². The van der Waals surface area contributed by atoms with Crippen LogP contribution < -0.4 is 4.90 Å². The first kappa shape index (κ1) is 27.0. The van der Waals surface area contributed by atoms with Crippen molar-refractivity contribution in [3.05, 3.63) is 65.5 Å². The second kappa shape index (κ2) is 10.5. The second-order valence-electron chi connectivity index (χ2n) is 11.9. The number of halogens is 3. The smallest absolute Gasteiger partial charge is 0.227 e. The number of nitrogens with zero attached hydrogens (tertiary/aromatic N) is 3. The van der Waals surface area contributed by atoms with Crippen molar-refractivity contribution >= 4 is 11.6 Å². The third-order valence-corrected chi connectivity index (χ3v) is 8.57. The summed E-state index contributed by atoms with van der Waals surface area (Å²) in [6.45, 7) is 11.1. The van der Waals surface area contributed by atoms with Gasteiger partial charge in [-0.1, -0.05) is 6.07 Å². The molecule has 0 spiro atoms. The summed E-state index contributed by atoms with van der Waals surface area (Å²) in [7, 11) is 0. The number of carbonyl (C=O) groups is 1. The van der Waals surface area contributed by atoms with Crippen LogP contribution in [-0.2, 0) is 9.53 Å². The summed E-state index contributed by atoms with van der Waals surface area (Å²) in [6.07, 6.45) is 1.71. The van der Waals surface area contributed by atoms with Crippen molar-refractivity contribution in [3.8, 4) is 0 Å². The molecule has 0 saturated carbocycles. The predicted molar refractivity (Wildman–Crippen MR) is 142 cm³/mol. The van der Waals surface area contributed by atoms with E-state index in [1.807, 2.05) is 4.90 Å². The Labute approximate surface area is 223 Å². The lowest BCUT2D eigenvalue weighted by molar-refractivity contribution is -0.137. The molecule has 1 amide bonds. The van der Waals surface area contributed by atoms with Crippen LogP contribution in [0.4, 0.5) is 18.9 Å². The molecular formula is C30H38F3N3O2. The number of hydrogen-bond acceptors (Lipinski definition) is 4. The Bertz CT molecular complexity index is 1150. The highest BCUT2D eigenvalue weighted by atomic mass is 19.1. The van der Waals surface area contributed by atoms with E-state index in [1.54, 1.807) is 12.1 Å². The van der Waals surface area contributed by atoms with Gasteiger partial charge in [0.2, 0.25) is 5.91 Å². The van der Waals surface area contributed by atoms with Gasteiger partial charge in [0.15, 0.2) is 0 Å². The Kier molecular flexibility index (Phi) is 7.48. The van der Waals surface area contributed by atoms with E-state index in [2.05, 4.69) is 37.5 Å². The van der Waals surface area contributed by atoms with E-state index >= 15 is 4.39 Å². The summed E-state index contributed by atoms with van der Waals surface area (Å²) in [6, 6.07) is 10.5. The molecule has 2 aromatic carbocycles. The Morgan fingerprint density at radius 1 is 0.921 bits per heavy atom. The number of carbonyl (C=O) groups excluding carboxylic acids is 1. The van der Waals surface area contributed by atoms with Crippen LogP contribution in [0.15, 0.2) is 42.5 Å². The van der Waals surface area contributed by atoms with Crippen LogP contribution in [0, 0.1) is 23.4 Å². The molecule has 38 heavy (non-hydrogen) atoms. The van der Waals surface area contributed by atoms with Gasteiger partial charge in [-0.2, -0.15) is 0 Å². The Hall–Kier alpha value is -2.58. The maximum atomic E-state index is 15.0. The summed E-state index contributed by atoms with van der Waals surface area (Å²) >= 11 is 0. The summed E-state index contributed by atoms with van der Waals surface area (Å²) in [5.41, 5.74) is 1.09. The molecule has 3 aliphatic rings. The van der Waals surface area contributed by atoms with Gasteiger partial charge in [0.1, 0.15) is 17.5 Å². The zero-order chi connectivity index (χ0) is 27.2. The second-order valence-corrected chi connectivity index (χ2v) is 11.9. The van der Waals surface area contributed by atoms with E-state index in [0.717, 1.165) is 24.6 Å². The number of likely N-dealkylation sites (tertiary alicyclic amines) is 1. The first-order valence-corrected chi connectivity index (χ1v) is 13.7. The van der Waals surface area contributed by atoms with E-state index in [1.165, 1.54) is 24.3 Å². The highest BCUT2D eigenvalue weighted by molar-refractivity contribution is 5.81. The third-order valence-electron chi connectivity index (χ3n) is 8.57. The van der Waals surface area contributed by atoms with Gasteiger partial charge in [0.05, 0.1) is 11.5 Å². The average Bonchev–Trinajstić information content (AvgIpc) is 3.29. The highest BCUT2D eigenvalue weighted by Gasteiger charge is 2.46. The molecule has 0 aliphatic carbocycles. The number of hydrogen-bond donors (Lipinski definition) is 0. The van der Waals surface area contributed by atoms with Crippen molar-refractivity contribution < 1.29 is 22.7 Å². The molecule has 206 valence electrons. The van der Waals surface area contributed by atoms with E-state index < -0.39 is 17.6 Å². The van der Waals surface area contributed by atoms with Gasteiger partial charge in [-0.05, 0) is 76.4 Å². The largest absolute Gasteiger partial charge is 0.375 e. The summed E-state index contributed by atoms with van der Waals surface area (Å²) in [5.74, 6) is -2.24. The standard InChI is InChI=1S/C30H38F3N3O2/c1-19-15-35(16-20(2)36(19)23-8-5-21(31)6-9-23)29(37)27-18-34(24-11-12-38-30(3,4)14-24)17-26(27)25-10-7-22(32)13-28(25)33/h5-10,13,19-20,24,26-27H,11-12,14-18H2,1-4H3/t19-,20+,24-,26+,27?/m1/s1. The number of piperazine rings is 1. The quantitative estimate of drug-likeness (QED) is 0.546. The van der Waals surface area contributed by atoms with Crippen molar-refractivity contribution in [3.63, 3.8) is 0 Å². The minimum atomic E-state index is -0.616. The molecule has 3 fully saturated rings. The van der Waals surface area contributed by atoms with E-state index in [0.29, 0.717) is 38.3 Å². The van der Waals surface area contributed by atoms with Gasteiger partial charge in [0, 0.05) is 68.6 Å². The molecule has 0 N–H and O–H groups in total. The van der Waals surface area contributed by atoms with Crippen LogP contribution in [0.3, 0.4) is 0 Å². The van der Waals surface area contributed by atoms with Crippen molar-refractivity contribution in [2.45, 2.75) is 70.2 Å². The minimum absolute atomic E-state index is 0.0185. The molecule has 3 saturated heterocycles. The van der Waals surface area contributed by atoms with Gasteiger partial charge in [-0.25, -0.2) is 13.2 Å². The topological polar surface area (TPSA) is 36.0 Å². The molecule has 5 rings (SSSR count). The zero-order valence-corrected chi connectivity index (χ0v) is 22.7. The monoisotopic (exact) mass is 529 g/mol. The van der Waals surface area contributed by atoms with Gasteiger partial charge in [0.25, 0.3) is 0 Å². The van der Waals surface area contributed by atoms with Crippen molar-refractivity contribution in [1.82, 2.24) is 9.80 Å². The Balaban J connectivity index is 1.38. The Morgan fingerprint density at radius 2 is 1.58 bits per heavy atom. The fourth-order valence-electron chi connectivity index (χ4n) is 6.87. The van der Waals surface area contributed by atoms with Crippen molar-refractivity contribution in [2.24, 2.45) is 5.92 Å². The van der Waals surface area contributed by atoms with E-state index in [-0.39, 0.29) is 41.4 Å². The molecule has 3 aliphatic heterocycles. The summed E-state index contributed by atoms with van der Waals surface area (Å²) < 4.78 is 48.2. The summed E-state index contributed by atoms with van der Waals surface area (Å²) in [5, 5.41) is 0. The minimum Gasteiger partial charge on any atom is -0.375 e. The van der Waals surface area contributed by atoms with Gasteiger partial charge in [-0.15, -0.1) is 0 Å². The molecule has 0 radical (unpaired) electrons. The number of anilines is 1. The van der Waals surface area contributed by atoms with Crippen LogP contribution in [-0.4, -0.2) is 72.2 Å². The van der Waals surface area contributed by atoms with Crippen LogP contribution in [0.5, 0.6) is 0 Å². The molecule has 3 heterocycles. The van der Waals surface area contributed by atoms with Crippen LogP contribution >= 0.6 is 0 Å². The average molecular weight is 530 g/mol. The molecule has 8 heteroatoms. The number of rotatable bonds is 4. The van der Waals surface area contributed by atoms with Crippen molar-refractivity contribution in [1.29, 1.82) is 0 Å². The molecular weight excluding hydrogens is 491 g/mol. The molecule has 0 aromatic heterocycles. The maximum Gasteiger partial charge on any atom is 0.227 e. The molecule has 0 bridgehead atoms. The van der Waals surface area contributed by atoms with Gasteiger partial charge in [-0.3, -0.25) is 9.69 Å². The fraction of sp³-hybridized carbons (Fsp3) is 0.567. The maximum absolute atomic E-state index is 15.0. The fourth-order valence-corrected chi connectivity index (χ4v) is 6.87. The summed E-state index contributed by atoms with van der Waals surface area (Å²) in [4.78, 5) is 20.6. The third kappa shape index (κ3) is 5.43. The van der Waals surface area contributed by atoms with Gasteiger partial charge < -0.3 is 14.5 Å². The van der Waals surface area contributed by atoms with Crippen LogP contribution in [0.2, 0.25) is 0 Å². The van der Waals surface area contributed by atoms with E-state index in [9.17, 15) is 13.6 Å². The predicted octanol–water partition coefficient (Wildman–Crippen LogP) is 5.20. The molecule has 1 unspecified atom stereocenters. The molecule has 2 aromatic rings. The number of ether oxygens (including phenoxy) is 1. The number of amides is 1. The van der Waals surface area contributed by atoms with Gasteiger partial charge >= 0.3 is 0 Å². The lowest BCUT2D eigenvalue weighted by Gasteiger charge is -2.46.